The Bertz CT molecular complexity index is 487. The molecule has 0 saturated heterocycles. The van der Waals surface area contributed by atoms with Crippen molar-refractivity contribution in [2.24, 2.45) is 11.5 Å². The highest BCUT2D eigenvalue weighted by Crippen LogP contribution is 2.24. The topological polar surface area (TPSA) is 94.0 Å². The summed E-state index contributed by atoms with van der Waals surface area (Å²) in [6.07, 6.45) is 4.34. The summed E-state index contributed by atoms with van der Waals surface area (Å²) >= 11 is 0. The third kappa shape index (κ3) is 3.04. The molecular weight excluding hydrogens is 240 g/mol. The monoisotopic (exact) mass is 262 g/mol. The molecular formula is C14H22N4O. The van der Waals surface area contributed by atoms with Crippen LogP contribution in [0, 0.1) is 13.8 Å². The van der Waals surface area contributed by atoms with Crippen molar-refractivity contribution in [1.82, 2.24) is 4.98 Å². The van der Waals surface area contributed by atoms with Crippen LogP contribution in [-0.2, 0) is 0 Å². The van der Waals surface area contributed by atoms with E-state index in [4.69, 9.17) is 11.5 Å². The molecule has 1 amide bonds. The lowest BCUT2D eigenvalue weighted by Crippen LogP contribution is -2.43. The van der Waals surface area contributed by atoms with Gasteiger partial charge >= 0.3 is 0 Å². The number of carbonyl (C=O) groups excluding carboxylic acids is 1. The molecule has 1 aromatic heterocycles. The zero-order chi connectivity index (χ0) is 14.0. The van der Waals surface area contributed by atoms with Gasteiger partial charge in [-0.1, -0.05) is 12.8 Å². The molecule has 2 rings (SSSR count). The molecule has 5 nitrogen and oxygen atoms in total. The number of aromatic nitrogens is 1. The summed E-state index contributed by atoms with van der Waals surface area (Å²) in [6, 6.07) is 2.14. The molecule has 104 valence electrons. The van der Waals surface area contributed by atoms with Gasteiger partial charge in [0.1, 0.15) is 5.82 Å². The van der Waals surface area contributed by atoms with Crippen molar-refractivity contribution in [2.75, 3.05) is 5.32 Å². The highest BCUT2D eigenvalue weighted by Gasteiger charge is 2.24. The van der Waals surface area contributed by atoms with Crippen molar-refractivity contribution in [3.63, 3.8) is 0 Å². The predicted octanol–water partition coefficient (Wildman–Crippen LogP) is 1.48. The largest absolute Gasteiger partial charge is 0.365 e. The van der Waals surface area contributed by atoms with Crippen molar-refractivity contribution in [1.29, 1.82) is 0 Å². The lowest BCUT2D eigenvalue weighted by atomic mass is 9.91. The minimum absolute atomic E-state index is 0.108. The third-order valence-electron chi connectivity index (χ3n) is 3.73. The molecule has 1 aliphatic rings. The summed E-state index contributed by atoms with van der Waals surface area (Å²) < 4.78 is 0. The fourth-order valence-corrected chi connectivity index (χ4v) is 2.77. The first-order chi connectivity index (χ1) is 8.99. The molecule has 5 N–H and O–H groups in total. The predicted molar refractivity (Wildman–Crippen MR) is 76.1 cm³/mol. The van der Waals surface area contributed by atoms with Crippen LogP contribution < -0.4 is 16.8 Å². The summed E-state index contributed by atoms with van der Waals surface area (Å²) in [5.41, 5.74) is 13.8. The Balaban J connectivity index is 2.30. The summed E-state index contributed by atoms with van der Waals surface area (Å²) in [5.74, 6) is 0.129. The molecule has 0 aliphatic heterocycles. The summed E-state index contributed by atoms with van der Waals surface area (Å²) in [4.78, 5) is 16.0. The Labute approximate surface area is 113 Å². The van der Waals surface area contributed by atoms with Crippen LogP contribution in [0.1, 0.15) is 47.3 Å². The maximum absolute atomic E-state index is 11.6. The lowest BCUT2D eigenvalue weighted by molar-refractivity contribution is 0.1000. The fourth-order valence-electron chi connectivity index (χ4n) is 2.77. The van der Waals surface area contributed by atoms with Crippen molar-refractivity contribution in [3.8, 4) is 0 Å². The van der Waals surface area contributed by atoms with Crippen LogP contribution in [0.15, 0.2) is 6.07 Å². The Morgan fingerprint density at radius 3 is 2.68 bits per heavy atom. The smallest absolute Gasteiger partial charge is 0.252 e. The van der Waals surface area contributed by atoms with Crippen LogP contribution in [0.4, 0.5) is 5.82 Å². The van der Waals surface area contributed by atoms with E-state index in [-0.39, 0.29) is 12.1 Å². The Morgan fingerprint density at radius 1 is 1.37 bits per heavy atom. The number of nitrogens with one attached hydrogen (secondary N) is 1. The second-order valence-corrected chi connectivity index (χ2v) is 5.37. The number of hydrogen-bond donors (Lipinski definition) is 3. The second-order valence-electron chi connectivity index (χ2n) is 5.37. The molecule has 0 unspecified atom stereocenters. The van der Waals surface area contributed by atoms with E-state index in [0.29, 0.717) is 11.4 Å². The quantitative estimate of drug-likeness (QED) is 0.769. The second kappa shape index (κ2) is 5.57. The molecule has 19 heavy (non-hydrogen) atoms. The zero-order valence-corrected chi connectivity index (χ0v) is 11.6. The Morgan fingerprint density at radius 2 is 2.05 bits per heavy atom. The van der Waals surface area contributed by atoms with Gasteiger partial charge in [0.05, 0.1) is 5.56 Å². The molecule has 5 heteroatoms. The number of rotatable bonds is 3. The van der Waals surface area contributed by atoms with Crippen LogP contribution >= 0.6 is 0 Å². The number of aryl methyl sites for hydroxylation is 2. The average molecular weight is 262 g/mol. The molecule has 1 aliphatic carbocycles. The van der Waals surface area contributed by atoms with Crippen molar-refractivity contribution >= 4 is 11.7 Å². The van der Waals surface area contributed by atoms with E-state index in [2.05, 4.69) is 10.3 Å². The molecule has 0 aromatic carbocycles. The summed E-state index contributed by atoms with van der Waals surface area (Å²) in [5, 5.41) is 3.33. The minimum Gasteiger partial charge on any atom is -0.365 e. The molecule has 0 radical (unpaired) electrons. The molecule has 1 heterocycles. The number of amides is 1. The molecule has 0 bridgehead atoms. The number of nitrogens with zero attached hydrogens (tertiary/aromatic N) is 1. The van der Waals surface area contributed by atoms with E-state index in [0.717, 1.165) is 30.5 Å². The van der Waals surface area contributed by atoms with Crippen LogP contribution in [-0.4, -0.2) is 23.0 Å². The molecule has 2 atom stereocenters. The van der Waals surface area contributed by atoms with Gasteiger partial charge in [0.25, 0.3) is 5.91 Å². The number of nitrogens with two attached hydrogens (primary N) is 2. The van der Waals surface area contributed by atoms with Gasteiger partial charge in [-0.2, -0.15) is 0 Å². The van der Waals surface area contributed by atoms with Crippen LogP contribution in [0.3, 0.4) is 0 Å². The standard InChI is InChI=1S/C14H22N4O/c1-8-7-9(2)17-14(12(8)13(16)19)18-11-6-4-3-5-10(11)15/h7,10-11H,3-6,15H2,1-2H3,(H2,16,19)(H,17,18)/t10-,11-/m1/s1. The van der Waals surface area contributed by atoms with Gasteiger partial charge in [-0.15, -0.1) is 0 Å². The van der Waals surface area contributed by atoms with Gasteiger partial charge in [0.2, 0.25) is 0 Å². The number of pyridine rings is 1. The minimum atomic E-state index is -0.447. The van der Waals surface area contributed by atoms with E-state index in [1.54, 1.807) is 0 Å². The number of carbonyl (C=O) groups is 1. The van der Waals surface area contributed by atoms with E-state index in [1.807, 2.05) is 19.9 Å². The Hall–Kier alpha value is -1.62. The number of hydrogen-bond acceptors (Lipinski definition) is 4. The lowest BCUT2D eigenvalue weighted by Gasteiger charge is -2.30. The van der Waals surface area contributed by atoms with E-state index in [1.165, 1.54) is 6.42 Å². The van der Waals surface area contributed by atoms with Crippen LogP contribution in [0.5, 0.6) is 0 Å². The van der Waals surface area contributed by atoms with E-state index >= 15 is 0 Å². The van der Waals surface area contributed by atoms with Crippen LogP contribution in [0.25, 0.3) is 0 Å². The van der Waals surface area contributed by atoms with Crippen molar-refractivity contribution in [3.05, 3.63) is 22.9 Å². The van der Waals surface area contributed by atoms with Gasteiger partial charge in [-0.05, 0) is 38.3 Å². The first-order valence-corrected chi connectivity index (χ1v) is 6.79. The average Bonchev–Trinajstić information content (AvgIpc) is 2.30. The van der Waals surface area contributed by atoms with Gasteiger partial charge in [-0.3, -0.25) is 4.79 Å². The van der Waals surface area contributed by atoms with Gasteiger partial charge in [0.15, 0.2) is 0 Å². The molecule has 1 aromatic rings. The van der Waals surface area contributed by atoms with Gasteiger partial charge < -0.3 is 16.8 Å². The highest BCUT2D eigenvalue weighted by molar-refractivity contribution is 5.99. The van der Waals surface area contributed by atoms with Gasteiger partial charge in [0, 0.05) is 17.8 Å². The van der Waals surface area contributed by atoms with Crippen LogP contribution in [0.2, 0.25) is 0 Å². The van der Waals surface area contributed by atoms with Crippen molar-refractivity contribution in [2.45, 2.75) is 51.6 Å². The Kier molecular flexibility index (Phi) is 4.04. The number of primary amides is 1. The first-order valence-electron chi connectivity index (χ1n) is 6.79. The molecule has 1 saturated carbocycles. The number of anilines is 1. The highest BCUT2D eigenvalue weighted by atomic mass is 16.1. The van der Waals surface area contributed by atoms with E-state index in [9.17, 15) is 4.79 Å². The van der Waals surface area contributed by atoms with Gasteiger partial charge in [-0.25, -0.2) is 4.98 Å². The molecule has 1 fully saturated rings. The molecule has 0 spiro atoms. The first kappa shape index (κ1) is 13.8. The summed E-state index contributed by atoms with van der Waals surface area (Å²) in [6.45, 7) is 3.78. The summed E-state index contributed by atoms with van der Waals surface area (Å²) in [7, 11) is 0. The third-order valence-corrected chi connectivity index (χ3v) is 3.73. The zero-order valence-electron chi connectivity index (χ0n) is 11.6. The maximum Gasteiger partial charge on any atom is 0.252 e. The maximum atomic E-state index is 11.6. The van der Waals surface area contributed by atoms with Crippen molar-refractivity contribution < 1.29 is 4.79 Å². The van der Waals surface area contributed by atoms with E-state index < -0.39 is 5.91 Å². The fraction of sp³-hybridized carbons (Fsp3) is 0.571. The normalized spacial score (nSPS) is 23.1. The SMILES string of the molecule is Cc1cc(C)c(C(N)=O)c(N[C@@H]2CCCC[C@H]2N)n1.